The first kappa shape index (κ1) is 20.1. The molecule has 1 aromatic heterocycles. The number of nitrogens with zero attached hydrogens (tertiary/aromatic N) is 2. The van der Waals surface area contributed by atoms with Gasteiger partial charge in [0.05, 0.1) is 10.6 Å². The lowest BCUT2D eigenvalue weighted by atomic mass is 10.2. The van der Waals surface area contributed by atoms with Gasteiger partial charge in [-0.2, -0.15) is 0 Å². The molecular formula is C20H15BrN4O4S. The standard InChI is InChI=1S/C20H15BrN4O4S/c21-13-3-5-15(6-4-13)25-20(27)18(19(26)23-25)12-16-2-1-11-24(16)14-7-9-17(10-8-14)30(22,28)29/h1-12H,(H,23,26)(H2,22,28,29)/b18-12+. The molecule has 0 spiro atoms. The Kier molecular flexibility index (Phi) is 5.06. The van der Waals surface area contributed by atoms with E-state index in [4.69, 9.17) is 5.14 Å². The number of anilines is 1. The zero-order valence-corrected chi connectivity index (χ0v) is 17.7. The van der Waals surface area contributed by atoms with Gasteiger partial charge in [-0.25, -0.2) is 18.6 Å². The largest absolute Gasteiger partial charge is 0.317 e. The Bertz CT molecular complexity index is 1280. The molecule has 2 amide bonds. The monoisotopic (exact) mass is 486 g/mol. The van der Waals surface area contributed by atoms with Crippen molar-refractivity contribution < 1.29 is 18.0 Å². The maximum atomic E-state index is 12.8. The molecule has 4 rings (SSSR count). The van der Waals surface area contributed by atoms with Crippen LogP contribution in [0.5, 0.6) is 0 Å². The van der Waals surface area contributed by atoms with Crippen LogP contribution in [0.2, 0.25) is 0 Å². The van der Waals surface area contributed by atoms with Gasteiger partial charge in [-0.05, 0) is 66.7 Å². The summed E-state index contributed by atoms with van der Waals surface area (Å²) < 4.78 is 25.5. The van der Waals surface area contributed by atoms with Gasteiger partial charge in [0.1, 0.15) is 5.57 Å². The first-order valence-electron chi connectivity index (χ1n) is 8.67. The third-order valence-corrected chi connectivity index (χ3v) is 5.95. The van der Waals surface area contributed by atoms with E-state index in [1.807, 2.05) is 0 Å². The fourth-order valence-electron chi connectivity index (χ4n) is 3.02. The fraction of sp³-hybridized carbons (Fsp3) is 0. The van der Waals surface area contributed by atoms with Gasteiger partial charge in [-0.3, -0.25) is 15.0 Å². The van der Waals surface area contributed by atoms with Gasteiger partial charge >= 0.3 is 0 Å². The molecule has 1 fully saturated rings. The summed E-state index contributed by atoms with van der Waals surface area (Å²) in [5.74, 6) is -0.986. The van der Waals surface area contributed by atoms with E-state index in [1.54, 1.807) is 59.3 Å². The number of aromatic nitrogens is 1. The maximum Gasteiger partial charge on any atom is 0.282 e. The molecule has 2 aromatic carbocycles. The van der Waals surface area contributed by atoms with Crippen LogP contribution in [0.4, 0.5) is 5.69 Å². The van der Waals surface area contributed by atoms with Crippen LogP contribution < -0.4 is 15.6 Å². The smallest absolute Gasteiger partial charge is 0.282 e. The zero-order valence-electron chi connectivity index (χ0n) is 15.3. The number of benzene rings is 2. The first-order valence-corrected chi connectivity index (χ1v) is 11.0. The summed E-state index contributed by atoms with van der Waals surface area (Å²) in [4.78, 5) is 25.2. The second kappa shape index (κ2) is 7.56. The minimum Gasteiger partial charge on any atom is -0.317 e. The second-order valence-corrected chi connectivity index (χ2v) is 8.93. The van der Waals surface area contributed by atoms with Crippen molar-refractivity contribution in [3.8, 4) is 5.69 Å². The SMILES string of the molecule is NS(=O)(=O)c1ccc(-n2cccc2/C=C2\C(=O)NN(c3ccc(Br)cc3)C2=O)cc1. The van der Waals surface area contributed by atoms with E-state index in [2.05, 4.69) is 21.4 Å². The van der Waals surface area contributed by atoms with E-state index in [0.717, 1.165) is 4.47 Å². The van der Waals surface area contributed by atoms with Crippen LogP contribution >= 0.6 is 15.9 Å². The number of amides is 2. The second-order valence-electron chi connectivity index (χ2n) is 6.46. The van der Waals surface area contributed by atoms with Crippen LogP contribution in [0.15, 0.2) is 81.8 Å². The zero-order chi connectivity index (χ0) is 21.5. The van der Waals surface area contributed by atoms with Crippen molar-refractivity contribution in [2.75, 3.05) is 5.01 Å². The predicted molar refractivity (Wildman–Crippen MR) is 115 cm³/mol. The summed E-state index contributed by atoms with van der Waals surface area (Å²) in [6.45, 7) is 0. The summed E-state index contributed by atoms with van der Waals surface area (Å²) in [5.41, 5.74) is 4.30. The Morgan fingerprint density at radius 2 is 1.57 bits per heavy atom. The number of sulfonamides is 1. The Hall–Kier alpha value is -3.21. The third kappa shape index (κ3) is 3.80. The quantitative estimate of drug-likeness (QED) is 0.434. The van der Waals surface area contributed by atoms with Gasteiger partial charge in [0.15, 0.2) is 0 Å². The first-order chi connectivity index (χ1) is 14.2. The number of nitrogens with two attached hydrogens (primary N) is 1. The summed E-state index contributed by atoms with van der Waals surface area (Å²) in [5, 5.41) is 6.32. The van der Waals surface area contributed by atoms with Crippen molar-refractivity contribution in [2.24, 2.45) is 5.14 Å². The lowest BCUT2D eigenvalue weighted by Crippen LogP contribution is -2.35. The van der Waals surface area contributed by atoms with Crippen molar-refractivity contribution >= 4 is 49.5 Å². The van der Waals surface area contributed by atoms with E-state index < -0.39 is 21.8 Å². The maximum absolute atomic E-state index is 12.8. The van der Waals surface area contributed by atoms with Crippen LogP contribution in [-0.4, -0.2) is 24.8 Å². The highest BCUT2D eigenvalue weighted by molar-refractivity contribution is 9.10. The topological polar surface area (TPSA) is 114 Å². The number of rotatable bonds is 4. The molecule has 0 unspecified atom stereocenters. The summed E-state index contributed by atoms with van der Waals surface area (Å²) in [6.07, 6.45) is 3.23. The highest BCUT2D eigenvalue weighted by atomic mass is 79.9. The number of hydrogen-bond acceptors (Lipinski definition) is 4. The van der Waals surface area contributed by atoms with Gasteiger partial charge in [0, 0.05) is 22.1 Å². The van der Waals surface area contributed by atoms with Crippen LogP contribution in [0.1, 0.15) is 5.69 Å². The molecule has 152 valence electrons. The molecule has 0 saturated carbocycles. The summed E-state index contributed by atoms with van der Waals surface area (Å²) >= 11 is 3.33. The molecule has 2 heterocycles. The van der Waals surface area contributed by atoms with Crippen molar-refractivity contribution in [3.05, 3.63) is 82.6 Å². The molecular weight excluding hydrogens is 472 g/mol. The molecule has 3 N–H and O–H groups in total. The fourth-order valence-corrected chi connectivity index (χ4v) is 3.80. The van der Waals surface area contributed by atoms with E-state index in [-0.39, 0.29) is 10.5 Å². The van der Waals surface area contributed by atoms with Crippen molar-refractivity contribution in [3.63, 3.8) is 0 Å². The van der Waals surface area contributed by atoms with Gasteiger partial charge in [-0.1, -0.05) is 15.9 Å². The van der Waals surface area contributed by atoms with Gasteiger partial charge in [0.25, 0.3) is 11.8 Å². The highest BCUT2D eigenvalue weighted by Gasteiger charge is 2.34. The van der Waals surface area contributed by atoms with E-state index >= 15 is 0 Å². The summed E-state index contributed by atoms with van der Waals surface area (Å²) in [7, 11) is -3.79. The van der Waals surface area contributed by atoms with E-state index in [9.17, 15) is 18.0 Å². The molecule has 10 heteroatoms. The number of carbonyl (C=O) groups is 2. The Labute approximate surface area is 180 Å². The molecule has 8 nitrogen and oxygen atoms in total. The number of halogens is 1. The summed E-state index contributed by atoms with van der Waals surface area (Å²) in [6, 6.07) is 16.4. The number of hydrogen-bond donors (Lipinski definition) is 2. The molecule has 1 saturated heterocycles. The Morgan fingerprint density at radius 1 is 0.933 bits per heavy atom. The average molecular weight is 487 g/mol. The van der Waals surface area contributed by atoms with Gasteiger partial charge in [-0.15, -0.1) is 0 Å². The molecule has 1 aliphatic rings. The van der Waals surface area contributed by atoms with E-state index in [1.165, 1.54) is 23.2 Å². The molecule has 30 heavy (non-hydrogen) atoms. The van der Waals surface area contributed by atoms with Crippen LogP contribution in [-0.2, 0) is 19.6 Å². The lowest BCUT2D eigenvalue weighted by molar-refractivity contribution is -0.117. The van der Waals surface area contributed by atoms with Crippen molar-refractivity contribution in [1.82, 2.24) is 9.99 Å². The number of hydrazine groups is 1. The molecule has 3 aromatic rings. The van der Waals surface area contributed by atoms with Crippen LogP contribution in [0.3, 0.4) is 0 Å². The minimum absolute atomic E-state index is 0.00574. The predicted octanol–water partition coefficient (Wildman–Crippen LogP) is 2.35. The lowest BCUT2D eigenvalue weighted by Gasteiger charge is -2.14. The Balaban J connectivity index is 1.66. The van der Waals surface area contributed by atoms with E-state index in [0.29, 0.717) is 17.1 Å². The number of primary sulfonamides is 1. The third-order valence-electron chi connectivity index (χ3n) is 4.49. The molecule has 0 atom stereocenters. The minimum atomic E-state index is -3.79. The molecule has 0 aliphatic carbocycles. The molecule has 1 aliphatic heterocycles. The van der Waals surface area contributed by atoms with Crippen molar-refractivity contribution in [1.29, 1.82) is 0 Å². The van der Waals surface area contributed by atoms with Crippen LogP contribution in [0, 0.1) is 0 Å². The number of carbonyl (C=O) groups excluding carboxylic acids is 2. The number of nitrogens with one attached hydrogen (secondary N) is 1. The normalized spacial score (nSPS) is 15.7. The Morgan fingerprint density at radius 3 is 2.20 bits per heavy atom. The molecule has 0 radical (unpaired) electrons. The van der Waals surface area contributed by atoms with Gasteiger partial charge < -0.3 is 4.57 Å². The molecule has 0 bridgehead atoms. The van der Waals surface area contributed by atoms with Crippen LogP contribution in [0.25, 0.3) is 11.8 Å². The van der Waals surface area contributed by atoms with Gasteiger partial charge in [0.2, 0.25) is 10.0 Å². The van der Waals surface area contributed by atoms with Crippen molar-refractivity contribution in [2.45, 2.75) is 4.90 Å². The average Bonchev–Trinajstić information content (AvgIpc) is 3.28. The highest BCUT2D eigenvalue weighted by Crippen LogP contribution is 2.24.